The second-order valence-electron chi connectivity index (χ2n) is 11.4. The van der Waals surface area contributed by atoms with Crippen molar-refractivity contribution in [3.8, 4) is 22.6 Å². The van der Waals surface area contributed by atoms with Crippen molar-refractivity contribution < 1.29 is 28.2 Å². The second-order valence-corrected chi connectivity index (χ2v) is 17.0. The Bertz CT molecular complexity index is 1580. The Balaban J connectivity index is 1.62. The van der Waals surface area contributed by atoms with Gasteiger partial charge in [-0.05, 0) is 61.0 Å². The predicted molar refractivity (Wildman–Crippen MR) is 164 cm³/mol. The van der Waals surface area contributed by atoms with Crippen LogP contribution in [0.4, 0.5) is 4.39 Å². The first-order chi connectivity index (χ1) is 19.9. The Labute approximate surface area is 247 Å². The highest BCUT2D eigenvalue weighted by Crippen LogP contribution is 2.33. The van der Waals surface area contributed by atoms with E-state index in [9.17, 15) is 14.0 Å². The van der Waals surface area contributed by atoms with Crippen molar-refractivity contribution in [3.05, 3.63) is 77.7 Å². The van der Waals surface area contributed by atoms with Gasteiger partial charge in [-0.1, -0.05) is 31.8 Å². The maximum Gasteiger partial charge on any atom is 0.308 e. The van der Waals surface area contributed by atoms with E-state index in [0.29, 0.717) is 41.4 Å². The molecule has 0 aliphatic carbocycles. The van der Waals surface area contributed by atoms with Crippen LogP contribution in [0, 0.1) is 5.82 Å². The molecule has 0 saturated heterocycles. The minimum absolute atomic E-state index is 0.223. The smallest absolute Gasteiger partial charge is 0.308 e. The van der Waals surface area contributed by atoms with Crippen molar-refractivity contribution in [2.75, 3.05) is 20.3 Å². The fourth-order valence-corrected chi connectivity index (χ4v) is 5.39. The summed E-state index contributed by atoms with van der Waals surface area (Å²) in [5.41, 5.74) is 3.35. The van der Waals surface area contributed by atoms with Crippen LogP contribution in [0.25, 0.3) is 22.0 Å². The molecule has 42 heavy (non-hydrogen) atoms. The van der Waals surface area contributed by atoms with Crippen LogP contribution >= 0.6 is 0 Å². The van der Waals surface area contributed by atoms with E-state index in [0.717, 1.165) is 22.5 Å². The second kappa shape index (κ2) is 13.3. The van der Waals surface area contributed by atoms with Crippen LogP contribution < -0.4 is 9.47 Å². The molecule has 0 saturated carbocycles. The molecule has 4 rings (SSSR count). The molecule has 0 atom stereocenters. The van der Waals surface area contributed by atoms with Gasteiger partial charge in [0.05, 0.1) is 18.3 Å². The highest BCUT2D eigenvalue weighted by molar-refractivity contribution is 6.76. The molecule has 4 aromatic rings. The van der Waals surface area contributed by atoms with Gasteiger partial charge in [0.15, 0.2) is 0 Å². The summed E-state index contributed by atoms with van der Waals surface area (Å²) in [7, 11) is 0.465. The molecule has 0 radical (unpaired) electrons. The first kappa shape index (κ1) is 30.9. The molecule has 0 fully saturated rings. The lowest BCUT2D eigenvalue weighted by molar-refractivity contribution is -0.131. The van der Waals surface area contributed by atoms with Gasteiger partial charge >= 0.3 is 5.97 Å². The van der Waals surface area contributed by atoms with Gasteiger partial charge < -0.3 is 19.1 Å². The first-order valence-electron chi connectivity index (χ1n) is 14.0. The number of fused-ring (bicyclic) bond motifs is 1. The first-order valence-corrected chi connectivity index (χ1v) is 17.7. The van der Waals surface area contributed by atoms with Crippen molar-refractivity contribution in [2.45, 2.75) is 52.8 Å². The Morgan fingerprint density at radius 1 is 1.07 bits per heavy atom. The maximum absolute atomic E-state index is 13.9. The van der Waals surface area contributed by atoms with E-state index < -0.39 is 14.0 Å². The number of esters is 1. The highest BCUT2D eigenvalue weighted by Gasteiger charge is 2.20. The maximum atomic E-state index is 13.9. The van der Waals surface area contributed by atoms with Crippen LogP contribution in [-0.4, -0.2) is 54.9 Å². The van der Waals surface area contributed by atoms with E-state index >= 15 is 0 Å². The third kappa shape index (κ3) is 7.83. The third-order valence-electron chi connectivity index (χ3n) is 6.68. The van der Waals surface area contributed by atoms with Gasteiger partial charge in [-0.2, -0.15) is 5.10 Å². The molecule has 0 unspecified atom stereocenters. The quantitative estimate of drug-likeness (QED) is 0.0785. The van der Waals surface area contributed by atoms with Crippen LogP contribution in [-0.2, 0) is 22.8 Å². The van der Waals surface area contributed by atoms with Crippen molar-refractivity contribution >= 4 is 30.9 Å². The molecule has 1 amide bonds. The predicted octanol–water partition coefficient (Wildman–Crippen LogP) is 6.75. The SMILES string of the molecule is CCOc1cc(C(=O)N(C)Cc2cc(OC(C)=O)cc3cnn(COCC[Si](C)(C)C)c23)ccc1-c1cccc(F)c1. The molecule has 1 heterocycles. The van der Waals surface area contributed by atoms with E-state index in [2.05, 4.69) is 24.7 Å². The lowest BCUT2D eigenvalue weighted by atomic mass is 10.0. The van der Waals surface area contributed by atoms with Crippen molar-refractivity contribution in [3.63, 3.8) is 0 Å². The van der Waals surface area contributed by atoms with Gasteiger partial charge in [-0.3, -0.25) is 9.59 Å². The van der Waals surface area contributed by atoms with Gasteiger partial charge in [-0.15, -0.1) is 0 Å². The summed E-state index contributed by atoms with van der Waals surface area (Å²) in [5.74, 6) is -0.144. The number of nitrogens with zero attached hydrogens (tertiary/aromatic N) is 3. The molecule has 10 heteroatoms. The molecule has 0 N–H and O–H groups in total. The average Bonchev–Trinajstić information content (AvgIpc) is 3.33. The van der Waals surface area contributed by atoms with Gasteiger partial charge in [0.2, 0.25) is 0 Å². The summed E-state index contributed by atoms with van der Waals surface area (Å²) >= 11 is 0. The number of amides is 1. The Morgan fingerprint density at radius 2 is 1.86 bits per heavy atom. The van der Waals surface area contributed by atoms with Crippen LogP contribution in [0.3, 0.4) is 0 Å². The summed E-state index contributed by atoms with van der Waals surface area (Å²) in [4.78, 5) is 26.9. The lowest BCUT2D eigenvalue weighted by Gasteiger charge is -2.20. The number of hydrogen-bond acceptors (Lipinski definition) is 6. The van der Waals surface area contributed by atoms with Gasteiger partial charge in [0, 0.05) is 57.3 Å². The third-order valence-corrected chi connectivity index (χ3v) is 8.38. The van der Waals surface area contributed by atoms with Crippen molar-refractivity contribution in [2.24, 2.45) is 0 Å². The molecule has 0 aliphatic heterocycles. The van der Waals surface area contributed by atoms with Crippen molar-refractivity contribution in [1.82, 2.24) is 14.7 Å². The van der Waals surface area contributed by atoms with Gasteiger partial charge in [-0.25, -0.2) is 9.07 Å². The van der Waals surface area contributed by atoms with E-state index in [1.165, 1.54) is 19.1 Å². The Hall–Kier alpha value is -4.02. The topological polar surface area (TPSA) is 82.9 Å². The van der Waals surface area contributed by atoms with Gasteiger partial charge in [0.1, 0.15) is 24.0 Å². The molecular weight excluding hydrogens is 553 g/mol. The highest BCUT2D eigenvalue weighted by atomic mass is 28.3. The number of benzene rings is 3. The minimum atomic E-state index is -1.24. The summed E-state index contributed by atoms with van der Waals surface area (Å²) in [6, 6.07) is 16.0. The van der Waals surface area contributed by atoms with Crippen molar-refractivity contribution in [1.29, 1.82) is 0 Å². The molecule has 0 spiro atoms. The summed E-state index contributed by atoms with van der Waals surface area (Å²) in [5, 5.41) is 5.29. The van der Waals surface area contributed by atoms with E-state index in [1.807, 2.05) is 6.92 Å². The van der Waals surface area contributed by atoms with Crippen LogP contribution in [0.2, 0.25) is 25.7 Å². The number of carbonyl (C=O) groups excluding carboxylic acids is 2. The zero-order valence-electron chi connectivity index (χ0n) is 25.1. The molecule has 0 bridgehead atoms. The summed E-state index contributed by atoms with van der Waals surface area (Å²) in [6.45, 7) is 11.6. The fraction of sp³-hybridized carbons (Fsp3) is 0.344. The molecule has 8 nitrogen and oxygen atoms in total. The van der Waals surface area contributed by atoms with Crippen LogP contribution in [0.15, 0.2) is 60.8 Å². The normalized spacial score (nSPS) is 11.5. The number of carbonyl (C=O) groups is 2. The largest absolute Gasteiger partial charge is 0.493 e. The zero-order chi connectivity index (χ0) is 30.4. The van der Waals surface area contributed by atoms with Crippen LogP contribution in [0.1, 0.15) is 29.8 Å². The monoisotopic (exact) mass is 591 g/mol. The number of rotatable bonds is 12. The summed E-state index contributed by atoms with van der Waals surface area (Å²) in [6.07, 6.45) is 1.70. The molecular formula is C32H38FN3O5Si. The standard InChI is InChI=1S/C32H38FN3O5Si/c1-7-40-30-18-24(11-12-29(30)23-9-8-10-27(33)15-23)32(38)35(3)20-26-17-28(41-22(2)37)16-25-19-34-36(31(25)26)21-39-13-14-42(4,5)6/h8-12,15-19H,7,13-14,20-21H2,1-6H3. The fourth-order valence-electron chi connectivity index (χ4n) is 4.64. The van der Waals surface area contributed by atoms with E-state index in [-0.39, 0.29) is 25.0 Å². The Morgan fingerprint density at radius 3 is 2.55 bits per heavy atom. The van der Waals surface area contributed by atoms with Crippen LogP contribution in [0.5, 0.6) is 11.5 Å². The summed E-state index contributed by atoms with van der Waals surface area (Å²) < 4.78 is 32.9. The molecule has 0 aliphatic rings. The molecule has 1 aromatic heterocycles. The zero-order valence-corrected chi connectivity index (χ0v) is 26.1. The lowest BCUT2D eigenvalue weighted by Crippen LogP contribution is -2.26. The Kier molecular flexibility index (Phi) is 9.80. The average molecular weight is 592 g/mol. The van der Waals surface area contributed by atoms with E-state index in [4.69, 9.17) is 14.2 Å². The van der Waals surface area contributed by atoms with Gasteiger partial charge in [0.25, 0.3) is 5.91 Å². The molecule has 222 valence electrons. The number of halogens is 1. The number of hydrogen-bond donors (Lipinski definition) is 0. The number of ether oxygens (including phenoxy) is 3. The minimum Gasteiger partial charge on any atom is -0.493 e. The van der Waals surface area contributed by atoms with E-state index in [1.54, 1.807) is 65.3 Å². The molecule has 3 aromatic carbocycles. The number of aromatic nitrogens is 2.